The van der Waals surface area contributed by atoms with Gasteiger partial charge >= 0.3 is 0 Å². The standard InChI is InChI=1S/C30H34N4O8S/c1-16(2)19-11-12-21-23(15-19)42-30(37)24-20(9-7-10-22(24)34(38)39)26(35)29(21,30)32-27(36)25-17(3)18(4)28(31-25)43(40,41)14-8-13-33(5)6/h7,9-12,15-16,31,37H,8,13-14H2,1-6H3,(H,32,36). The molecule has 5 rings (SSSR count). The van der Waals surface area contributed by atoms with E-state index in [9.17, 15) is 33.2 Å². The van der Waals surface area contributed by atoms with E-state index >= 15 is 0 Å². The third kappa shape index (κ3) is 4.45. The summed E-state index contributed by atoms with van der Waals surface area (Å²) in [4.78, 5) is 44.2. The number of Topliss-reactive ketones (excluding diaryl/α,β-unsaturated/α-hetero) is 1. The molecule has 12 nitrogen and oxygen atoms in total. The lowest BCUT2D eigenvalue weighted by atomic mass is 9.82. The number of carbonyl (C=O) groups excluding carboxylic acids is 2. The number of aromatic nitrogens is 1. The van der Waals surface area contributed by atoms with E-state index in [1.165, 1.54) is 12.1 Å². The minimum absolute atomic E-state index is 0.0505. The molecule has 2 aromatic carbocycles. The Morgan fingerprint density at radius 1 is 1.19 bits per heavy atom. The number of nitrogens with zero attached hydrogens (tertiary/aromatic N) is 2. The number of sulfone groups is 1. The molecular weight excluding hydrogens is 576 g/mol. The van der Waals surface area contributed by atoms with Gasteiger partial charge in [0.15, 0.2) is 9.84 Å². The van der Waals surface area contributed by atoms with Crippen LogP contribution in [0.1, 0.15) is 74.8 Å². The number of hydrogen-bond acceptors (Lipinski definition) is 9. The fourth-order valence-corrected chi connectivity index (χ4v) is 7.57. The Morgan fingerprint density at radius 3 is 2.51 bits per heavy atom. The van der Waals surface area contributed by atoms with Crippen LogP contribution >= 0.6 is 0 Å². The number of carbonyl (C=O) groups is 2. The summed E-state index contributed by atoms with van der Waals surface area (Å²) < 4.78 is 32.4. The van der Waals surface area contributed by atoms with E-state index < -0.39 is 43.5 Å². The third-order valence-electron chi connectivity index (χ3n) is 8.38. The summed E-state index contributed by atoms with van der Waals surface area (Å²) in [5, 5.41) is 26.8. The van der Waals surface area contributed by atoms with Gasteiger partial charge in [-0.3, -0.25) is 19.7 Å². The van der Waals surface area contributed by atoms with E-state index in [-0.39, 0.29) is 44.8 Å². The second-order valence-electron chi connectivity index (χ2n) is 11.7. The highest BCUT2D eigenvalue weighted by molar-refractivity contribution is 7.91. The van der Waals surface area contributed by atoms with Gasteiger partial charge in [0.1, 0.15) is 22.0 Å². The topological polar surface area (TPSA) is 172 Å². The average molecular weight is 611 g/mol. The molecule has 0 radical (unpaired) electrons. The van der Waals surface area contributed by atoms with Gasteiger partial charge < -0.3 is 25.0 Å². The van der Waals surface area contributed by atoms with Gasteiger partial charge in [-0.1, -0.05) is 38.1 Å². The monoisotopic (exact) mass is 610 g/mol. The fraction of sp³-hybridized carbons (Fsp3) is 0.400. The number of benzene rings is 2. The highest BCUT2D eigenvalue weighted by atomic mass is 32.2. The van der Waals surface area contributed by atoms with Gasteiger partial charge in [0.05, 0.1) is 10.7 Å². The molecule has 2 unspecified atom stereocenters. The molecule has 0 saturated carbocycles. The number of fused-ring (bicyclic) bond motifs is 5. The molecule has 228 valence electrons. The molecule has 0 saturated heterocycles. The Labute approximate surface area is 249 Å². The summed E-state index contributed by atoms with van der Waals surface area (Å²) in [6.45, 7) is 7.60. The van der Waals surface area contributed by atoms with Crippen LogP contribution in [0.2, 0.25) is 0 Å². The molecule has 1 aliphatic carbocycles. The molecule has 13 heteroatoms. The lowest BCUT2D eigenvalue weighted by molar-refractivity contribution is -0.388. The van der Waals surface area contributed by atoms with Gasteiger partial charge in [0, 0.05) is 17.2 Å². The third-order valence-corrected chi connectivity index (χ3v) is 10.2. The summed E-state index contributed by atoms with van der Waals surface area (Å²) in [6.07, 6.45) is 0.378. The predicted octanol–water partition coefficient (Wildman–Crippen LogP) is 3.45. The SMILES string of the molecule is Cc1c(C(=O)NC23C(=O)c4cccc([N+](=O)[O-])c4C2(O)Oc2cc(C(C)C)ccc23)[nH]c(S(=O)(=O)CCCN(C)C)c1C. The first kappa shape index (κ1) is 30.4. The number of aliphatic hydroxyl groups is 1. The van der Waals surface area contributed by atoms with Crippen molar-refractivity contribution in [2.75, 3.05) is 26.4 Å². The number of aromatic amines is 1. The van der Waals surface area contributed by atoms with E-state index in [1.807, 2.05) is 32.8 Å². The van der Waals surface area contributed by atoms with Crippen molar-refractivity contribution in [3.8, 4) is 5.75 Å². The Bertz CT molecular complexity index is 1800. The van der Waals surface area contributed by atoms with Crippen molar-refractivity contribution in [3.63, 3.8) is 0 Å². The molecule has 2 atom stereocenters. The Kier molecular flexibility index (Phi) is 7.27. The molecule has 1 aliphatic heterocycles. The maximum absolute atomic E-state index is 14.2. The molecule has 3 aromatic rings. The van der Waals surface area contributed by atoms with Crippen LogP contribution in [0.3, 0.4) is 0 Å². The quantitative estimate of drug-likeness (QED) is 0.242. The second-order valence-corrected chi connectivity index (χ2v) is 13.7. The number of ether oxygens (including phenoxy) is 1. The van der Waals surface area contributed by atoms with Crippen molar-refractivity contribution in [2.45, 2.75) is 56.4 Å². The van der Waals surface area contributed by atoms with Gasteiger partial charge in [-0.25, -0.2) is 8.42 Å². The van der Waals surface area contributed by atoms with E-state index in [4.69, 9.17) is 4.74 Å². The molecule has 0 spiro atoms. The zero-order chi connectivity index (χ0) is 31.6. The largest absolute Gasteiger partial charge is 0.454 e. The van der Waals surface area contributed by atoms with Crippen LogP contribution in [0.15, 0.2) is 41.4 Å². The number of nitro benzene ring substituents is 1. The molecule has 2 aliphatic rings. The molecule has 2 heterocycles. The summed E-state index contributed by atoms with van der Waals surface area (Å²) in [5.74, 6) is -4.34. The fourth-order valence-electron chi connectivity index (χ4n) is 5.98. The number of hydrogen-bond donors (Lipinski definition) is 3. The smallest absolute Gasteiger partial charge is 0.280 e. The van der Waals surface area contributed by atoms with Crippen molar-refractivity contribution >= 4 is 27.2 Å². The molecule has 1 amide bonds. The van der Waals surface area contributed by atoms with Gasteiger partial charge in [-0.15, -0.1) is 0 Å². The first-order valence-electron chi connectivity index (χ1n) is 13.8. The zero-order valence-electron chi connectivity index (χ0n) is 24.8. The average Bonchev–Trinajstić information content (AvgIpc) is 3.44. The minimum atomic E-state index is -3.79. The van der Waals surface area contributed by atoms with Crippen LogP contribution in [0, 0.1) is 24.0 Å². The highest BCUT2D eigenvalue weighted by Gasteiger charge is 2.73. The molecule has 43 heavy (non-hydrogen) atoms. The lowest BCUT2D eigenvalue weighted by Gasteiger charge is -2.34. The van der Waals surface area contributed by atoms with Crippen LogP contribution in [-0.2, 0) is 21.2 Å². The molecule has 1 aromatic heterocycles. The number of ketones is 1. The Balaban J connectivity index is 1.64. The number of nitro groups is 1. The Hall–Kier alpha value is -4.07. The normalized spacial score (nSPS) is 20.6. The summed E-state index contributed by atoms with van der Waals surface area (Å²) >= 11 is 0. The Morgan fingerprint density at radius 2 is 1.88 bits per heavy atom. The summed E-state index contributed by atoms with van der Waals surface area (Å²) in [6, 6.07) is 8.74. The van der Waals surface area contributed by atoms with Crippen molar-refractivity contribution < 1.29 is 32.8 Å². The number of H-pyrrole nitrogens is 1. The van der Waals surface area contributed by atoms with Crippen molar-refractivity contribution in [3.05, 3.63) is 85.6 Å². The van der Waals surface area contributed by atoms with Gasteiger partial charge in [0.25, 0.3) is 17.4 Å². The van der Waals surface area contributed by atoms with Crippen molar-refractivity contribution in [1.29, 1.82) is 0 Å². The molecule has 3 N–H and O–H groups in total. The zero-order valence-corrected chi connectivity index (χ0v) is 25.6. The molecule has 0 fully saturated rings. The maximum Gasteiger partial charge on any atom is 0.280 e. The van der Waals surface area contributed by atoms with Crippen LogP contribution in [-0.4, -0.2) is 66.4 Å². The van der Waals surface area contributed by atoms with Crippen LogP contribution < -0.4 is 10.1 Å². The van der Waals surface area contributed by atoms with Crippen LogP contribution in [0.5, 0.6) is 5.75 Å². The first-order chi connectivity index (χ1) is 20.1. The summed E-state index contributed by atoms with van der Waals surface area (Å²) in [5.41, 5.74) is -1.85. The predicted molar refractivity (Wildman–Crippen MR) is 157 cm³/mol. The molecular formula is C30H34N4O8S. The minimum Gasteiger partial charge on any atom is -0.454 e. The lowest BCUT2D eigenvalue weighted by Crippen LogP contribution is -2.60. The van der Waals surface area contributed by atoms with Crippen LogP contribution in [0.4, 0.5) is 5.69 Å². The molecule has 0 bridgehead atoms. The maximum atomic E-state index is 14.2. The first-order valence-corrected chi connectivity index (χ1v) is 15.5. The van der Waals surface area contributed by atoms with Crippen molar-refractivity contribution in [1.82, 2.24) is 15.2 Å². The number of nitrogens with one attached hydrogen (secondary N) is 2. The van der Waals surface area contributed by atoms with E-state index in [0.29, 0.717) is 24.1 Å². The highest BCUT2D eigenvalue weighted by Crippen LogP contribution is 2.60. The van der Waals surface area contributed by atoms with Gasteiger partial charge in [-0.05, 0) is 69.6 Å². The second kappa shape index (κ2) is 10.3. The van der Waals surface area contributed by atoms with Gasteiger partial charge in [0.2, 0.25) is 11.3 Å². The van der Waals surface area contributed by atoms with Gasteiger partial charge in [-0.2, -0.15) is 0 Å². The van der Waals surface area contributed by atoms with E-state index in [0.717, 1.165) is 11.6 Å². The van der Waals surface area contributed by atoms with E-state index in [2.05, 4.69) is 10.3 Å². The number of amides is 1. The van der Waals surface area contributed by atoms with Crippen molar-refractivity contribution in [2.24, 2.45) is 0 Å². The number of rotatable bonds is 9. The summed E-state index contributed by atoms with van der Waals surface area (Å²) in [7, 11) is -0.112. The van der Waals surface area contributed by atoms with Crippen LogP contribution in [0.25, 0.3) is 0 Å². The van der Waals surface area contributed by atoms with E-state index in [1.54, 1.807) is 32.0 Å².